The Kier molecular flexibility index (Phi) is 14.6. The van der Waals surface area contributed by atoms with Gasteiger partial charge in [-0.05, 0) is 200 Å². The van der Waals surface area contributed by atoms with Gasteiger partial charge in [0.1, 0.15) is 24.2 Å². The third-order valence-electron chi connectivity index (χ3n) is 24.9. The average molecular weight is 1340 g/mol. The Morgan fingerprint density at radius 3 is 0.541 bits per heavy atom. The molecular weight excluding hydrogens is 1230 g/mol. The minimum atomic E-state index is -1.99. The summed E-state index contributed by atoms with van der Waals surface area (Å²) >= 11 is 0. The topological polar surface area (TPSA) is 6.48 Å². The predicted octanol–water partition coefficient (Wildman–Crippen LogP) is 22.4. The Balaban J connectivity index is 0.000000180. The molecule has 5 heteroatoms. The van der Waals surface area contributed by atoms with E-state index in [2.05, 4.69) is 361 Å². The van der Waals surface area contributed by atoms with Crippen molar-refractivity contribution in [1.82, 2.24) is 0 Å². The maximum Gasteiger partial charge on any atom is 0.117 e. The molecule has 6 heterocycles. The van der Waals surface area contributed by atoms with Crippen LogP contribution in [0, 0.1) is 0 Å². The minimum absolute atomic E-state index is 0.102. The van der Waals surface area contributed by atoms with Crippen LogP contribution in [0.25, 0.3) is 33.4 Å². The Morgan fingerprint density at radius 2 is 0.378 bits per heavy atom. The van der Waals surface area contributed by atoms with E-state index >= 15 is 0 Å². The quantitative estimate of drug-likeness (QED) is 0.163. The van der Waals surface area contributed by atoms with Gasteiger partial charge >= 0.3 is 0 Å². The van der Waals surface area contributed by atoms with Gasteiger partial charge in [0.2, 0.25) is 0 Å². The molecule has 6 aliphatic heterocycles. The smallest absolute Gasteiger partial charge is 0.117 e. The van der Waals surface area contributed by atoms with Crippen LogP contribution in [0.2, 0.25) is 39.3 Å². The van der Waals surface area contributed by atoms with Crippen LogP contribution in [0.1, 0.15) is 233 Å². The van der Waals surface area contributed by atoms with E-state index in [9.17, 15) is 0 Å². The molecular formula is C93H114N2Si3. The number of benzene rings is 9. The summed E-state index contributed by atoms with van der Waals surface area (Å²) in [6.07, 6.45) is 0. The van der Waals surface area contributed by atoms with Crippen LogP contribution in [-0.2, 0) is 48.7 Å². The van der Waals surface area contributed by atoms with Gasteiger partial charge in [0.25, 0.3) is 0 Å². The van der Waals surface area contributed by atoms with Crippen molar-refractivity contribution in [3.05, 3.63) is 212 Å². The van der Waals surface area contributed by atoms with Gasteiger partial charge in [-0.25, -0.2) is 0 Å². The lowest BCUT2D eigenvalue weighted by Crippen LogP contribution is -2.73. The first-order valence-corrected chi connectivity index (χ1v) is 46.0. The van der Waals surface area contributed by atoms with Gasteiger partial charge in [-0.15, -0.1) is 0 Å². The van der Waals surface area contributed by atoms with Crippen LogP contribution < -0.4 is 40.9 Å². The number of hydrogen-bond acceptors (Lipinski definition) is 2. The fraction of sp³-hybridized carbons (Fsp3) is 0.419. The van der Waals surface area contributed by atoms with Gasteiger partial charge in [-0.2, -0.15) is 0 Å². The maximum atomic E-state index is 2.82. The molecule has 6 aliphatic rings. The highest BCUT2D eigenvalue weighted by Gasteiger charge is 2.56. The van der Waals surface area contributed by atoms with E-state index in [1.807, 2.05) is 0 Å². The second kappa shape index (κ2) is 20.9. The van der Waals surface area contributed by atoms with Crippen molar-refractivity contribution < 1.29 is 0 Å². The Bertz CT molecular complexity index is 4210. The lowest BCUT2D eigenvalue weighted by molar-refractivity contribution is 0.567. The summed E-state index contributed by atoms with van der Waals surface area (Å²) in [5.74, 6) is 0. The summed E-state index contributed by atoms with van der Waals surface area (Å²) in [7, 11) is -5.98. The fourth-order valence-electron chi connectivity index (χ4n) is 17.8. The molecule has 508 valence electrons. The molecule has 0 unspecified atom stereocenters. The monoisotopic (exact) mass is 1340 g/mol. The van der Waals surface area contributed by atoms with Crippen molar-refractivity contribution in [2.24, 2.45) is 0 Å². The standard InChI is InChI=1S/C57H63N.C36H51NSi3/c1-52(2,3)40-22-16-34(17-23-40)37-28-43-49-44(29-37)56(12,13)46-31-39(36-20-26-42(27-21-36)54(7,8)9)33-48-51(46)58(49)50-45(55(43,10)11)30-38(32-47(50)57(48,14)15)35-18-24-41(25-19-35)53(4,5)6;1-34(2,3)22-16-25-31-26(17-22)39(12,13)28-19-24(36(7,8)9)21-30-33(28)37(31)32-27(38(25,10)11)18-23(35(4,5)6)20-29(32)40(30,14)15/h16-33H,1-15H3;16-21H,1-15H3. The number of rotatable bonds is 3. The number of nitrogens with zero attached hydrogens (tertiary/aromatic N) is 2. The van der Waals surface area contributed by atoms with E-state index < -0.39 is 24.2 Å². The molecule has 0 N–H and O–H groups in total. The highest BCUT2D eigenvalue weighted by atomic mass is 28.3. The summed E-state index contributed by atoms with van der Waals surface area (Å²) in [6.45, 7) is 73.0. The lowest BCUT2D eigenvalue weighted by Gasteiger charge is -2.55. The summed E-state index contributed by atoms with van der Waals surface area (Å²) < 4.78 is 0. The molecule has 15 rings (SSSR count). The zero-order chi connectivity index (χ0) is 71.4. The summed E-state index contributed by atoms with van der Waals surface area (Å²) in [5.41, 5.74) is 33.6. The van der Waals surface area contributed by atoms with Crippen molar-refractivity contribution in [3.63, 3.8) is 0 Å². The van der Waals surface area contributed by atoms with Gasteiger partial charge in [-0.3, -0.25) is 0 Å². The maximum absolute atomic E-state index is 2.82. The van der Waals surface area contributed by atoms with E-state index in [0.717, 1.165) is 0 Å². The van der Waals surface area contributed by atoms with Crippen LogP contribution in [0.5, 0.6) is 0 Å². The first-order chi connectivity index (χ1) is 44.9. The van der Waals surface area contributed by atoms with Crippen molar-refractivity contribution >= 4 is 89.5 Å². The molecule has 0 aromatic heterocycles. The van der Waals surface area contributed by atoms with Gasteiger partial charge < -0.3 is 9.80 Å². The van der Waals surface area contributed by atoms with Crippen LogP contribution in [0.15, 0.2) is 146 Å². The largest absolute Gasteiger partial charge is 0.311 e. The first-order valence-electron chi connectivity index (χ1n) is 37.0. The zero-order valence-corrected chi connectivity index (χ0v) is 68.8. The van der Waals surface area contributed by atoms with Gasteiger partial charge in [0.05, 0.1) is 17.1 Å². The van der Waals surface area contributed by atoms with Crippen molar-refractivity contribution in [3.8, 4) is 33.4 Å². The van der Waals surface area contributed by atoms with Crippen molar-refractivity contribution in [2.45, 2.75) is 254 Å². The third kappa shape index (κ3) is 10.0. The molecule has 0 spiro atoms. The van der Waals surface area contributed by atoms with E-state index in [0.29, 0.717) is 0 Å². The van der Waals surface area contributed by atoms with E-state index in [-0.39, 0.29) is 48.7 Å². The zero-order valence-electron chi connectivity index (χ0n) is 65.8. The molecule has 98 heavy (non-hydrogen) atoms. The highest BCUT2D eigenvalue weighted by molar-refractivity contribution is 7.10. The fourth-order valence-corrected chi connectivity index (χ4v) is 27.2. The van der Waals surface area contributed by atoms with E-state index in [1.54, 1.807) is 48.2 Å². The Labute approximate surface area is 595 Å². The molecule has 0 fully saturated rings. The first kappa shape index (κ1) is 68.4. The third-order valence-corrected chi connectivity index (χ3v) is 35.3. The Morgan fingerprint density at radius 1 is 0.214 bits per heavy atom. The van der Waals surface area contributed by atoms with Crippen LogP contribution in [0.3, 0.4) is 0 Å². The van der Waals surface area contributed by atoms with Gasteiger partial charge in [0, 0.05) is 33.3 Å². The highest BCUT2D eigenvalue weighted by Crippen LogP contribution is 2.68. The normalized spacial score (nSPS) is 17.9. The molecule has 2 nitrogen and oxygen atoms in total. The Hall–Kier alpha value is -6.77. The average Bonchev–Trinajstić information content (AvgIpc) is 0.669. The summed E-state index contributed by atoms with van der Waals surface area (Å²) in [6, 6.07) is 59.2. The molecule has 9 aromatic rings. The molecule has 0 aliphatic carbocycles. The number of anilines is 6. The van der Waals surface area contributed by atoms with Gasteiger partial charge in [-0.1, -0.05) is 315 Å². The summed E-state index contributed by atoms with van der Waals surface area (Å²) in [4.78, 5) is 5.53. The van der Waals surface area contributed by atoms with Crippen LogP contribution >= 0.6 is 0 Å². The molecule has 9 aromatic carbocycles. The van der Waals surface area contributed by atoms with Crippen LogP contribution in [-0.4, -0.2) is 24.2 Å². The van der Waals surface area contributed by atoms with E-state index in [1.165, 1.54) is 117 Å². The predicted molar refractivity (Wildman–Crippen MR) is 437 cm³/mol. The lowest BCUT2D eigenvalue weighted by atomic mass is 9.59. The molecule has 0 saturated heterocycles. The number of hydrogen-bond donors (Lipinski definition) is 0. The summed E-state index contributed by atoms with van der Waals surface area (Å²) in [5, 5.41) is 9.99. The molecule has 0 saturated carbocycles. The molecule has 0 atom stereocenters. The van der Waals surface area contributed by atoms with Crippen molar-refractivity contribution in [2.75, 3.05) is 9.80 Å². The van der Waals surface area contributed by atoms with E-state index in [4.69, 9.17) is 0 Å². The molecule has 0 bridgehead atoms. The van der Waals surface area contributed by atoms with Crippen LogP contribution in [0.4, 0.5) is 34.1 Å². The van der Waals surface area contributed by atoms with Gasteiger partial charge in [0.15, 0.2) is 0 Å². The SMILES string of the molecule is CC(C)(C)c1cc2c3c(c1)[Si](C)(C)c1cc(C(C)(C)C)cc4c1N3c1c(cc(C(C)(C)C)cc1[Si]4(C)C)[Si]2(C)C.CC(C)(C)c1ccc(-c2cc3c4c(c2)C(C)(C)c2cc(-c5ccc(C(C)(C)C)cc5)cc5c2N4c2c(cc(-c4ccc(C(C)(C)C)cc4)cc2C5(C)C)C3(C)C)cc1. The second-order valence-corrected chi connectivity index (χ2v) is 53.2. The van der Waals surface area contributed by atoms with Crippen molar-refractivity contribution in [1.29, 1.82) is 0 Å². The molecule has 0 amide bonds. The second-order valence-electron chi connectivity index (χ2n) is 40.2. The minimum Gasteiger partial charge on any atom is -0.311 e. The molecule has 0 radical (unpaired) electrons.